The molecule has 8 heteroatoms. The first kappa shape index (κ1) is 22.8. The molecule has 0 radical (unpaired) electrons. The molecule has 0 unspecified atom stereocenters. The van der Waals surface area contributed by atoms with E-state index >= 15 is 0 Å². The first-order valence-corrected chi connectivity index (χ1v) is 12.2. The fourth-order valence-corrected chi connectivity index (χ4v) is 4.73. The van der Waals surface area contributed by atoms with Gasteiger partial charge in [0.25, 0.3) is 0 Å². The average molecular weight is 470 g/mol. The minimum atomic E-state index is 0.146. The number of carbonyl (C=O) groups excluding carboxylic acids is 1. The van der Waals surface area contributed by atoms with Crippen molar-refractivity contribution in [1.82, 2.24) is 24.4 Å². The van der Waals surface area contributed by atoms with Crippen LogP contribution in [0.2, 0.25) is 0 Å². The lowest BCUT2D eigenvalue weighted by molar-refractivity contribution is -0.129. The van der Waals surface area contributed by atoms with Crippen LogP contribution in [0.4, 0.5) is 17.3 Å². The van der Waals surface area contributed by atoms with Crippen LogP contribution in [0.5, 0.6) is 0 Å². The van der Waals surface area contributed by atoms with E-state index in [0.29, 0.717) is 5.95 Å². The van der Waals surface area contributed by atoms with E-state index in [4.69, 9.17) is 4.98 Å². The first-order chi connectivity index (χ1) is 17.0. The van der Waals surface area contributed by atoms with Gasteiger partial charge in [0, 0.05) is 75.2 Å². The van der Waals surface area contributed by atoms with Crippen molar-refractivity contribution in [1.29, 1.82) is 0 Å². The Labute approximate surface area is 205 Å². The van der Waals surface area contributed by atoms with E-state index < -0.39 is 0 Å². The molecule has 35 heavy (non-hydrogen) atoms. The number of pyridine rings is 1. The fraction of sp³-hybridized carbons (Fsp3) is 0.333. The lowest BCUT2D eigenvalue weighted by Crippen LogP contribution is -2.48. The maximum atomic E-state index is 11.6. The highest BCUT2D eigenvalue weighted by atomic mass is 16.2. The van der Waals surface area contributed by atoms with Crippen LogP contribution in [-0.2, 0) is 11.3 Å². The summed E-state index contributed by atoms with van der Waals surface area (Å²) >= 11 is 0. The number of aromatic nitrogens is 4. The summed E-state index contributed by atoms with van der Waals surface area (Å²) in [6.07, 6.45) is 6.85. The molecule has 1 fully saturated rings. The van der Waals surface area contributed by atoms with Gasteiger partial charge < -0.3 is 19.7 Å². The molecule has 1 aliphatic rings. The number of anilines is 3. The Morgan fingerprint density at radius 3 is 2.46 bits per heavy atom. The minimum absolute atomic E-state index is 0.146. The summed E-state index contributed by atoms with van der Waals surface area (Å²) in [5.74, 6) is 0.696. The summed E-state index contributed by atoms with van der Waals surface area (Å²) in [6, 6.07) is 12.3. The van der Waals surface area contributed by atoms with Crippen LogP contribution in [-0.4, -0.2) is 56.5 Å². The number of benzene rings is 1. The van der Waals surface area contributed by atoms with Crippen molar-refractivity contribution in [3.8, 4) is 11.3 Å². The van der Waals surface area contributed by atoms with E-state index in [-0.39, 0.29) is 5.91 Å². The molecule has 4 heterocycles. The molecular weight excluding hydrogens is 438 g/mol. The van der Waals surface area contributed by atoms with Crippen molar-refractivity contribution in [3.63, 3.8) is 0 Å². The van der Waals surface area contributed by atoms with Crippen LogP contribution >= 0.6 is 0 Å². The van der Waals surface area contributed by atoms with Crippen LogP contribution in [0.25, 0.3) is 22.3 Å². The van der Waals surface area contributed by atoms with Crippen molar-refractivity contribution in [3.05, 3.63) is 60.6 Å². The number of rotatable bonds is 6. The third kappa shape index (κ3) is 4.69. The molecule has 8 nitrogen and oxygen atoms in total. The lowest BCUT2D eigenvalue weighted by atomic mass is 10.1. The van der Waals surface area contributed by atoms with E-state index in [1.54, 1.807) is 13.1 Å². The van der Waals surface area contributed by atoms with Crippen LogP contribution < -0.4 is 10.2 Å². The Morgan fingerprint density at radius 2 is 1.74 bits per heavy atom. The van der Waals surface area contributed by atoms with Gasteiger partial charge >= 0.3 is 0 Å². The summed E-state index contributed by atoms with van der Waals surface area (Å²) in [5.41, 5.74) is 7.29. The normalized spacial score (nSPS) is 13.9. The zero-order chi connectivity index (χ0) is 24.4. The van der Waals surface area contributed by atoms with E-state index in [1.807, 2.05) is 29.3 Å². The first-order valence-electron chi connectivity index (χ1n) is 12.2. The highest BCUT2D eigenvalue weighted by Crippen LogP contribution is 2.31. The number of nitrogens with zero attached hydrogens (tertiary/aromatic N) is 6. The molecule has 1 aromatic carbocycles. The largest absolute Gasteiger partial charge is 0.368 e. The fourth-order valence-electron chi connectivity index (χ4n) is 4.73. The Bertz CT molecular complexity index is 1340. The molecule has 5 rings (SSSR count). The van der Waals surface area contributed by atoms with Crippen molar-refractivity contribution >= 4 is 34.3 Å². The second-order valence-corrected chi connectivity index (χ2v) is 8.99. The molecule has 180 valence electrons. The quantitative estimate of drug-likeness (QED) is 0.444. The second-order valence-electron chi connectivity index (χ2n) is 8.99. The van der Waals surface area contributed by atoms with Gasteiger partial charge in [-0.3, -0.25) is 9.78 Å². The minimum Gasteiger partial charge on any atom is -0.368 e. The van der Waals surface area contributed by atoms with Gasteiger partial charge in [-0.25, -0.2) is 9.97 Å². The summed E-state index contributed by atoms with van der Waals surface area (Å²) < 4.78 is 2.27. The Balaban J connectivity index is 1.34. The molecule has 0 bridgehead atoms. The SMILES string of the molecule is CCCn1cc(-c2ccnc(Nc3ccc(N4CCN(C(C)=O)CC4)cc3)n2)c2nccc(C)c21. The van der Waals surface area contributed by atoms with Crippen molar-refractivity contribution in [2.24, 2.45) is 0 Å². The molecule has 3 aromatic heterocycles. The summed E-state index contributed by atoms with van der Waals surface area (Å²) in [4.78, 5) is 29.7. The van der Waals surface area contributed by atoms with E-state index in [1.165, 1.54) is 5.56 Å². The maximum Gasteiger partial charge on any atom is 0.227 e. The van der Waals surface area contributed by atoms with Gasteiger partial charge in [-0.1, -0.05) is 6.92 Å². The number of piperazine rings is 1. The number of aryl methyl sites for hydroxylation is 2. The van der Waals surface area contributed by atoms with Crippen molar-refractivity contribution < 1.29 is 4.79 Å². The van der Waals surface area contributed by atoms with Crippen LogP contribution in [0, 0.1) is 6.92 Å². The van der Waals surface area contributed by atoms with Gasteiger partial charge in [0.2, 0.25) is 11.9 Å². The summed E-state index contributed by atoms with van der Waals surface area (Å²) in [5, 5.41) is 3.34. The van der Waals surface area contributed by atoms with Gasteiger partial charge in [-0.05, 0) is 55.3 Å². The lowest BCUT2D eigenvalue weighted by Gasteiger charge is -2.35. The molecular formula is C27H31N7O. The van der Waals surface area contributed by atoms with E-state index in [9.17, 15) is 4.79 Å². The molecule has 0 atom stereocenters. The number of hydrogen-bond acceptors (Lipinski definition) is 6. The highest BCUT2D eigenvalue weighted by molar-refractivity contribution is 5.93. The molecule has 1 saturated heterocycles. The van der Waals surface area contributed by atoms with Gasteiger partial charge in [0.15, 0.2) is 0 Å². The summed E-state index contributed by atoms with van der Waals surface area (Å²) in [6.45, 7) is 10.1. The monoisotopic (exact) mass is 469 g/mol. The van der Waals surface area contributed by atoms with Gasteiger partial charge in [0.1, 0.15) is 0 Å². The number of nitrogens with one attached hydrogen (secondary N) is 1. The standard InChI is InChI=1S/C27H31N7O/c1-4-13-34-18-23(25-26(34)19(2)9-11-28-25)24-10-12-29-27(31-24)30-21-5-7-22(8-6-21)33-16-14-32(15-17-33)20(3)35/h5-12,18H,4,13-17H2,1-3H3,(H,29,30,31). The number of carbonyl (C=O) groups is 1. The van der Waals surface area contributed by atoms with Gasteiger partial charge in [-0.2, -0.15) is 0 Å². The molecule has 1 N–H and O–H groups in total. The molecule has 1 amide bonds. The summed E-state index contributed by atoms with van der Waals surface area (Å²) in [7, 11) is 0. The maximum absolute atomic E-state index is 11.6. The second kappa shape index (κ2) is 9.74. The average Bonchev–Trinajstić information content (AvgIpc) is 3.25. The Kier molecular flexibility index (Phi) is 6.35. The predicted molar refractivity (Wildman–Crippen MR) is 140 cm³/mol. The van der Waals surface area contributed by atoms with Gasteiger partial charge in [-0.15, -0.1) is 0 Å². The third-order valence-electron chi connectivity index (χ3n) is 6.56. The number of fused-ring (bicyclic) bond motifs is 1. The molecule has 4 aromatic rings. The predicted octanol–water partition coefficient (Wildman–Crippen LogP) is 4.62. The number of hydrogen-bond donors (Lipinski definition) is 1. The van der Waals surface area contributed by atoms with E-state index in [0.717, 1.165) is 72.8 Å². The van der Waals surface area contributed by atoms with Crippen molar-refractivity contribution in [2.75, 3.05) is 36.4 Å². The van der Waals surface area contributed by atoms with Crippen LogP contribution in [0.1, 0.15) is 25.8 Å². The number of amides is 1. The van der Waals surface area contributed by atoms with Crippen molar-refractivity contribution in [2.45, 2.75) is 33.7 Å². The topological polar surface area (TPSA) is 79.2 Å². The molecule has 0 spiro atoms. The molecule has 0 saturated carbocycles. The molecule has 0 aliphatic carbocycles. The Hall–Kier alpha value is -3.94. The Morgan fingerprint density at radius 1 is 1.00 bits per heavy atom. The smallest absolute Gasteiger partial charge is 0.227 e. The third-order valence-corrected chi connectivity index (χ3v) is 6.56. The molecule has 1 aliphatic heterocycles. The van der Waals surface area contributed by atoms with E-state index in [2.05, 4.69) is 63.0 Å². The zero-order valence-corrected chi connectivity index (χ0v) is 20.5. The van der Waals surface area contributed by atoms with Gasteiger partial charge in [0.05, 0.1) is 16.7 Å². The zero-order valence-electron chi connectivity index (χ0n) is 20.5. The highest BCUT2D eigenvalue weighted by Gasteiger charge is 2.19. The van der Waals surface area contributed by atoms with Crippen LogP contribution in [0.3, 0.4) is 0 Å². The van der Waals surface area contributed by atoms with Crippen LogP contribution in [0.15, 0.2) is 55.0 Å².